The van der Waals surface area contributed by atoms with Crippen molar-refractivity contribution < 1.29 is 9.18 Å². The smallest absolute Gasteiger partial charge is 0.321 e. The summed E-state index contributed by atoms with van der Waals surface area (Å²) in [7, 11) is 0. The van der Waals surface area contributed by atoms with Gasteiger partial charge in [0.15, 0.2) is 0 Å². The van der Waals surface area contributed by atoms with E-state index in [0.29, 0.717) is 5.69 Å². The lowest BCUT2D eigenvalue weighted by molar-refractivity contribution is 0.222. The maximum Gasteiger partial charge on any atom is 0.321 e. The fraction of sp³-hybridized carbons (Fsp3) is 0.562. The van der Waals surface area contributed by atoms with Crippen molar-refractivity contribution in [1.82, 2.24) is 4.90 Å². The topological polar surface area (TPSA) is 35.6 Å². The zero-order valence-corrected chi connectivity index (χ0v) is 12.3. The summed E-state index contributed by atoms with van der Waals surface area (Å²) in [4.78, 5) is 16.3. The summed E-state index contributed by atoms with van der Waals surface area (Å²) in [6.07, 6.45) is 5.64. The molecule has 1 N–H and O–H groups in total. The molecule has 0 radical (unpaired) electrons. The second kappa shape index (κ2) is 6.33. The Morgan fingerprint density at radius 3 is 2.38 bits per heavy atom. The van der Waals surface area contributed by atoms with Crippen LogP contribution in [0.2, 0.25) is 0 Å². The van der Waals surface area contributed by atoms with Crippen molar-refractivity contribution in [3.8, 4) is 0 Å². The summed E-state index contributed by atoms with van der Waals surface area (Å²) in [6.45, 7) is 3.52. The molecular weight excluding hydrogens is 269 g/mol. The van der Waals surface area contributed by atoms with E-state index in [1.165, 1.54) is 18.6 Å². The van der Waals surface area contributed by atoms with E-state index in [4.69, 9.17) is 0 Å². The molecule has 3 rings (SSSR count). The van der Waals surface area contributed by atoms with Crippen molar-refractivity contribution in [3.63, 3.8) is 0 Å². The van der Waals surface area contributed by atoms with Crippen LogP contribution in [0.3, 0.4) is 0 Å². The highest BCUT2D eigenvalue weighted by atomic mass is 19.1. The SMILES string of the molecule is O=C(Nc1cc(F)ccc1N1CCCCC1)N1CCCC1. The molecule has 0 spiro atoms. The Morgan fingerprint density at radius 1 is 1.00 bits per heavy atom. The van der Waals surface area contributed by atoms with Crippen LogP contribution in [0.4, 0.5) is 20.6 Å². The molecule has 2 aliphatic rings. The van der Waals surface area contributed by atoms with E-state index in [9.17, 15) is 9.18 Å². The Labute approximate surface area is 124 Å². The monoisotopic (exact) mass is 291 g/mol. The molecule has 2 saturated heterocycles. The minimum atomic E-state index is -0.313. The Balaban J connectivity index is 1.78. The van der Waals surface area contributed by atoms with Crippen LogP contribution in [-0.2, 0) is 0 Å². The maximum atomic E-state index is 13.6. The van der Waals surface area contributed by atoms with Crippen LogP contribution in [0.1, 0.15) is 32.1 Å². The average molecular weight is 291 g/mol. The number of carbonyl (C=O) groups excluding carboxylic acids is 1. The molecule has 0 aliphatic carbocycles. The summed E-state index contributed by atoms with van der Waals surface area (Å²) in [6, 6.07) is 4.56. The number of hydrogen-bond acceptors (Lipinski definition) is 2. The zero-order chi connectivity index (χ0) is 14.7. The predicted octanol–water partition coefficient (Wildman–Crippen LogP) is 3.44. The quantitative estimate of drug-likeness (QED) is 0.906. The van der Waals surface area contributed by atoms with E-state index in [1.807, 2.05) is 0 Å². The Bertz CT molecular complexity index is 508. The molecule has 2 fully saturated rings. The minimum Gasteiger partial charge on any atom is -0.370 e. The number of hydrogen-bond donors (Lipinski definition) is 1. The molecule has 0 aromatic heterocycles. The third-order valence-electron chi connectivity index (χ3n) is 4.29. The van der Waals surface area contributed by atoms with E-state index in [0.717, 1.165) is 57.5 Å². The molecular formula is C16H22FN3O. The molecule has 1 aromatic rings. The van der Waals surface area contributed by atoms with Gasteiger partial charge in [-0.05, 0) is 50.3 Å². The molecule has 21 heavy (non-hydrogen) atoms. The summed E-state index contributed by atoms with van der Waals surface area (Å²) in [5.74, 6) is -0.313. The van der Waals surface area contributed by atoms with Crippen LogP contribution in [0.25, 0.3) is 0 Å². The normalized spacial score (nSPS) is 18.9. The highest BCUT2D eigenvalue weighted by Crippen LogP contribution is 2.29. The van der Waals surface area contributed by atoms with Crippen molar-refractivity contribution >= 4 is 17.4 Å². The van der Waals surface area contributed by atoms with Crippen LogP contribution in [0.15, 0.2) is 18.2 Å². The standard InChI is InChI=1S/C16H22FN3O/c17-13-6-7-15(19-8-2-1-3-9-19)14(12-13)18-16(21)20-10-4-5-11-20/h6-7,12H,1-5,8-11H2,(H,18,21). The number of halogens is 1. The van der Waals surface area contributed by atoms with E-state index in [2.05, 4.69) is 10.2 Å². The molecule has 1 aromatic carbocycles. The highest BCUT2D eigenvalue weighted by Gasteiger charge is 2.21. The van der Waals surface area contributed by atoms with Crippen LogP contribution < -0.4 is 10.2 Å². The van der Waals surface area contributed by atoms with Gasteiger partial charge in [-0.1, -0.05) is 0 Å². The van der Waals surface area contributed by atoms with Crippen molar-refractivity contribution in [2.45, 2.75) is 32.1 Å². The first-order valence-electron chi connectivity index (χ1n) is 7.84. The van der Waals surface area contributed by atoms with Gasteiger partial charge >= 0.3 is 6.03 Å². The second-order valence-electron chi connectivity index (χ2n) is 5.83. The molecule has 0 unspecified atom stereocenters. The Hall–Kier alpha value is -1.78. The fourth-order valence-electron chi connectivity index (χ4n) is 3.13. The minimum absolute atomic E-state index is 0.114. The Morgan fingerprint density at radius 2 is 1.67 bits per heavy atom. The predicted molar refractivity (Wildman–Crippen MR) is 82.3 cm³/mol. The lowest BCUT2D eigenvalue weighted by Gasteiger charge is -2.31. The number of carbonyl (C=O) groups is 1. The van der Waals surface area contributed by atoms with Gasteiger partial charge < -0.3 is 15.1 Å². The van der Waals surface area contributed by atoms with Gasteiger partial charge in [0, 0.05) is 26.2 Å². The van der Waals surface area contributed by atoms with Crippen molar-refractivity contribution in [3.05, 3.63) is 24.0 Å². The van der Waals surface area contributed by atoms with Crippen molar-refractivity contribution in [2.75, 3.05) is 36.4 Å². The van der Waals surface area contributed by atoms with E-state index in [-0.39, 0.29) is 11.8 Å². The molecule has 2 heterocycles. The summed E-state index contributed by atoms with van der Waals surface area (Å²) >= 11 is 0. The number of piperidine rings is 1. The maximum absolute atomic E-state index is 13.6. The molecule has 4 nitrogen and oxygen atoms in total. The number of nitrogens with one attached hydrogen (secondary N) is 1. The fourth-order valence-corrected chi connectivity index (χ4v) is 3.13. The number of likely N-dealkylation sites (tertiary alicyclic amines) is 1. The Kier molecular flexibility index (Phi) is 4.27. The zero-order valence-electron chi connectivity index (χ0n) is 12.3. The third-order valence-corrected chi connectivity index (χ3v) is 4.29. The first-order valence-corrected chi connectivity index (χ1v) is 7.84. The van der Waals surface area contributed by atoms with Gasteiger partial charge in [-0.25, -0.2) is 9.18 Å². The van der Waals surface area contributed by atoms with Crippen molar-refractivity contribution in [1.29, 1.82) is 0 Å². The number of urea groups is 1. The summed E-state index contributed by atoms with van der Waals surface area (Å²) in [5, 5.41) is 2.90. The molecule has 0 bridgehead atoms. The highest BCUT2D eigenvalue weighted by molar-refractivity contribution is 5.93. The molecule has 0 saturated carbocycles. The number of nitrogens with zero attached hydrogens (tertiary/aromatic N) is 2. The van der Waals surface area contributed by atoms with Gasteiger partial charge in [0.25, 0.3) is 0 Å². The van der Waals surface area contributed by atoms with E-state index >= 15 is 0 Å². The first kappa shape index (κ1) is 14.2. The van der Waals surface area contributed by atoms with E-state index < -0.39 is 0 Å². The van der Waals surface area contributed by atoms with Gasteiger partial charge in [-0.3, -0.25) is 0 Å². The van der Waals surface area contributed by atoms with Crippen LogP contribution in [0.5, 0.6) is 0 Å². The molecule has 0 atom stereocenters. The molecule has 5 heteroatoms. The van der Waals surface area contributed by atoms with Gasteiger partial charge in [0.05, 0.1) is 11.4 Å². The summed E-state index contributed by atoms with van der Waals surface area (Å²) in [5.41, 5.74) is 1.53. The summed E-state index contributed by atoms with van der Waals surface area (Å²) < 4.78 is 13.6. The largest absolute Gasteiger partial charge is 0.370 e. The van der Waals surface area contributed by atoms with E-state index in [1.54, 1.807) is 11.0 Å². The van der Waals surface area contributed by atoms with Crippen LogP contribution >= 0.6 is 0 Å². The first-order chi connectivity index (χ1) is 10.2. The second-order valence-corrected chi connectivity index (χ2v) is 5.83. The van der Waals surface area contributed by atoms with Crippen LogP contribution in [0, 0.1) is 5.82 Å². The number of amides is 2. The van der Waals surface area contributed by atoms with Crippen molar-refractivity contribution in [2.24, 2.45) is 0 Å². The lowest BCUT2D eigenvalue weighted by Crippen LogP contribution is -2.34. The molecule has 2 aliphatic heterocycles. The number of anilines is 2. The lowest BCUT2D eigenvalue weighted by atomic mass is 10.1. The number of benzene rings is 1. The third kappa shape index (κ3) is 3.28. The molecule has 2 amide bonds. The van der Waals surface area contributed by atoms with Gasteiger partial charge in [-0.15, -0.1) is 0 Å². The average Bonchev–Trinajstić information content (AvgIpc) is 3.03. The van der Waals surface area contributed by atoms with Gasteiger partial charge in [-0.2, -0.15) is 0 Å². The van der Waals surface area contributed by atoms with Gasteiger partial charge in [0.2, 0.25) is 0 Å². The van der Waals surface area contributed by atoms with Crippen LogP contribution in [-0.4, -0.2) is 37.1 Å². The van der Waals surface area contributed by atoms with Gasteiger partial charge in [0.1, 0.15) is 5.82 Å². The number of rotatable bonds is 2. The molecule has 114 valence electrons.